The molecule has 1 rings (SSSR count). The van der Waals surface area contributed by atoms with E-state index in [2.05, 4.69) is 12.2 Å². The molecule has 0 aliphatic carbocycles. The molecule has 1 aromatic carbocycles. The Labute approximate surface area is 183 Å². The summed E-state index contributed by atoms with van der Waals surface area (Å²) in [7, 11) is -4.02. The van der Waals surface area contributed by atoms with Gasteiger partial charge in [0.25, 0.3) is 10.1 Å². The van der Waals surface area contributed by atoms with Crippen molar-refractivity contribution in [3.63, 3.8) is 0 Å². The zero-order valence-corrected chi connectivity index (χ0v) is 19.6. The van der Waals surface area contributed by atoms with E-state index >= 15 is 0 Å². The summed E-state index contributed by atoms with van der Waals surface area (Å²) in [4.78, 5) is 10.2. The minimum Gasteiger partial charge on any atom is -0.480 e. The molecule has 0 heterocycles. The molecule has 0 unspecified atom stereocenters. The Bertz CT molecular complexity index is 644. The van der Waals surface area contributed by atoms with Crippen LogP contribution in [0.5, 0.6) is 0 Å². The predicted octanol–water partition coefficient (Wildman–Crippen LogP) is 5.60. The van der Waals surface area contributed by atoms with E-state index in [1.165, 1.54) is 82.8 Å². The fourth-order valence-corrected chi connectivity index (χ4v) is 3.48. The Morgan fingerprint density at radius 1 is 0.833 bits per heavy atom. The van der Waals surface area contributed by atoms with Crippen LogP contribution in [0.1, 0.15) is 89.5 Å². The number of carbonyl (C=O) groups is 1. The largest absolute Gasteiger partial charge is 0.480 e. The number of nitrogens with one attached hydrogen (secondary N) is 1. The van der Waals surface area contributed by atoms with Crippen LogP contribution < -0.4 is 5.32 Å². The van der Waals surface area contributed by atoms with Gasteiger partial charge in [0.2, 0.25) is 0 Å². The summed E-state index contributed by atoms with van der Waals surface area (Å²) in [6.45, 7) is 5.03. The molecule has 0 amide bonds. The van der Waals surface area contributed by atoms with Crippen LogP contribution >= 0.6 is 0 Å². The summed E-state index contributed by atoms with van der Waals surface area (Å²) in [5, 5.41) is 11.4. The van der Waals surface area contributed by atoms with E-state index in [0.29, 0.717) is 0 Å². The van der Waals surface area contributed by atoms with Crippen molar-refractivity contribution < 1.29 is 22.9 Å². The van der Waals surface area contributed by atoms with Gasteiger partial charge in [-0.05, 0) is 32.0 Å². The third kappa shape index (κ3) is 18.6. The van der Waals surface area contributed by atoms with Crippen LogP contribution in [0.3, 0.4) is 0 Å². The maximum Gasteiger partial charge on any atom is 0.317 e. The molecular formula is C23H41NO5S. The molecule has 30 heavy (non-hydrogen) atoms. The molecule has 0 atom stereocenters. The quantitative estimate of drug-likeness (QED) is 0.227. The van der Waals surface area contributed by atoms with E-state index < -0.39 is 16.1 Å². The van der Waals surface area contributed by atoms with Gasteiger partial charge in [-0.3, -0.25) is 9.35 Å². The second-order valence-electron chi connectivity index (χ2n) is 7.75. The first-order valence-electron chi connectivity index (χ1n) is 11.2. The smallest absolute Gasteiger partial charge is 0.317 e. The lowest BCUT2D eigenvalue weighted by atomic mass is 10.1. The fraction of sp³-hybridized carbons (Fsp3) is 0.696. The molecule has 6 nitrogen and oxygen atoms in total. The molecule has 174 valence electrons. The average Bonchev–Trinajstić information content (AvgIpc) is 2.68. The number of carboxylic acids is 1. The van der Waals surface area contributed by atoms with Gasteiger partial charge in [0.1, 0.15) is 0 Å². The van der Waals surface area contributed by atoms with Crippen LogP contribution in [0, 0.1) is 6.92 Å². The Balaban J connectivity index is 0.000000642. The summed E-state index contributed by atoms with van der Waals surface area (Å²) in [5.41, 5.74) is 0.956. The van der Waals surface area contributed by atoms with Crippen molar-refractivity contribution in [2.45, 2.75) is 95.8 Å². The van der Waals surface area contributed by atoms with Crippen molar-refractivity contribution in [2.24, 2.45) is 0 Å². The van der Waals surface area contributed by atoms with Crippen molar-refractivity contribution in [1.29, 1.82) is 0 Å². The Morgan fingerprint density at radius 3 is 1.67 bits per heavy atom. The molecule has 0 aliphatic rings. The Kier molecular flexibility index (Phi) is 17.5. The van der Waals surface area contributed by atoms with Crippen molar-refractivity contribution in [1.82, 2.24) is 5.32 Å². The van der Waals surface area contributed by atoms with E-state index in [-0.39, 0.29) is 11.4 Å². The lowest BCUT2D eigenvalue weighted by Crippen LogP contribution is -2.23. The van der Waals surface area contributed by atoms with Gasteiger partial charge in [-0.15, -0.1) is 0 Å². The molecule has 0 bridgehead atoms. The number of aryl methyl sites for hydroxylation is 1. The number of rotatable bonds is 16. The minimum atomic E-state index is -4.02. The van der Waals surface area contributed by atoms with Crippen molar-refractivity contribution in [3.8, 4) is 0 Å². The van der Waals surface area contributed by atoms with Crippen LogP contribution in [-0.4, -0.2) is 37.1 Å². The molecule has 0 aliphatic heterocycles. The lowest BCUT2D eigenvalue weighted by molar-refractivity contribution is -0.135. The fourth-order valence-electron chi connectivity index (χ4n) is 3.00. The van der Waals surface area contributed by atoms with Crippen LogP contribution in [0.15, 0.2) is 29.2 Å². The van der Waals surface area contributed by atoms with Crippen LogP contribution in [0.2, 0.25) is 0 Å². The number of benzene rings is 1. The van der Waals surface area contributed by atoms with E-state index in [0.717, 1.165) is 18.5 Å². The van der Waals surface area contributed by atoms with Crippen LogP contribution in [0.4, 0.5) is 0 Å². The highest BCUT2D eigenvalue weighted by Gasteiger charge is 2.06. The maximum atomic E-state index is 10.5. The summed E-state index contributed by atoms with van der Waals surface area (Å²) in [6, 6.07) is 5.99. The topological polar surface area (TPSA) is 104 Å². The van der Waals surface area contributed by atoms with Gasteiger partial charge >= 0.3 is 5.97 Å². The summed E-state index contributed by atoms with van der Waals surface area (Å²) < 4.78 is 29.6. The maximum absolute atomic E-state index is 10.5. The standard InChI is InChI=1S/C16H33NO2.C7H8O3S/c1-2-3-4-5-6-7-8-9-10-11-12-13-14-17-15-16(18)19;1-6-2-4-7(5-3-6)11(8,9)10/h17H,2-15H2,1H3,(H,18,19);2-5H,1H3,(H,8,9,10). The van der Waals surface area contributed by atoms with Gasteiger partial charge in [0, 0.05) is 0 Å². The van der Waals surface area contributed by atoms with Gasteiger partial charge in [0.05, 0.1) is 11.4 Å². The Morgan fingerprint density at radius 2 is 1.27 bits per heavy atom. The molecular weight excluding hydrogens is 402 g/mol. The third-order valence-electron chi connectivity index (χ3n) is 4.80. The number of carboxylic acid groups (broad SMARTS) is 1. The predicted molar refractivity (Wildman–Crippen MR) is 123 cm³/mol. The summed E-state index contributed by atoms with van der Waals surface area (Å²) in [5.74, 6) is -0.765. The lowest BCUT2D eigenvalue weighted by Gasteiger charge is -2.03. The molecule has 1 aromatic rings. The molecule has 0 saturated heterocycles. The summed E-state index contributed by atoms with van der Waals surface area (Å²) >= 11 is 0. The first-order valence-corrected chi connectivity index (χ1v) is 12.7. The average molecular weight is 444 g/mol. The van der Waals surface area contributed by atoms with Gasteiger partial charge in [-0.25, -0.2) is 0 Å². The van der Waals surface area contributed by atoms with Crippen molar-refractivity contribution in [2.75, 3.05) is 13.1 Å². The first-order chi connectivity index (χ1) is 14.3. The number of hydrogen-bond acceptors (Lipinski definition) is 4. The zero-order chi connectivity index (χ0) is 22.7. The molecule has 7 heteroatoms. The second-order valence-corrected chi connectivity index (χ2v) is 9.17. The summed E-state index contributed by atoms with van der Waals surface area (Å²) in [6.07, 6.45) is 16.1. The van der Waals surface area contributed by atoms with Crippen LogP contribution in [0.25, 0.3) is 0 Å². The van der Waals surface area contributed by atoms with E-state index in [9.17, 15) is 13.2 Å². The number of hydrogen-bond donors (Lipinski definition) is 3. The number of aliphatic carboxylic acids is 1. The molecule has 0 radical (unpaired) electrons. The van der Waals surface area contributed by atoms with Crippen molar-refractivity contribution >= 4 is 16.1 Å². The molecule has 0 spiro atoms. The highest BCUT2D eigenvalue weighted by Crippen LogP contribution is 2.11. The van der Waals surface area contributed by atoms with E-state index in [4.69, 9.17) is 9.66 Å². The Hall–Kier alpha value is -1.44. The highest BCUT2D eigenvalue weighted by atomic mass is 32.2. The molecule has 3 N–H and O–H groups in total. The monoisotopic (exact) mass is 443 g/mol. The zero-order valence-electron chi connectivity index (χ0n) is 18.7. The number of unbranched alkanes of at least 4 members (excludes halogenated alkanes) is 11. The molecule has 0 fully saturated rings. The molecule has 0 aromatic heterocycles. The normalized spacial score (nSPS) is 11.0. The van der Waals surface area contributed by atoms with Gasteiger partial charge in [-0.1, -0.05) is 95.2 Å². The molecule has 0 saturated carbocycles. The van der Waals surface area contributed by atoms with Gasteiger partial charge in [-0.2, -0.15) is 8.42 Å². The second kappa shape index (κ2) is 18.3. The van der Waals surface area contributed by atoms with Crippen molar-refractivity contribution in [3.05, 3.63) is 29.8 Å². The third-order valence-corrected chi connectivity index (χ3v) is 5.67. The van der Waals surface area contributed by atoms with Crippen LogP contribution in [-0.2, 0) is 14.9 Å². The first kappa shape index (κ1) is 28.6. The highest BCUT2D eigenvalue weighted by molar-refractivity contribution is 7.85. The van der Waals surface area contributed by atoms with Gasteiger partial charge in [0.15, 0.2) is 0 Å². The van der Waals surface area contributed by atoms with E-state index in [1.54, 1.807) is 12.1 Å². The van der Waals surface area contributed by atoms with E-state index in [1.807, 2.05) is 6.92 Å². The minimum absolute atomic E-state index is 0.0666. The SMILES string of the molecule is CCCCCCCCCCCCCCNCC(=O)O.Cc1ccc(S(=O)(=O)O)cc1. The van der Waals surface area contributed by atoms with Gasteiger partial charge < -0.3 is 10.4 Å².